The summed E-state index contributed by atoms with van der Waals surface area (Å²) < 4.78 is 0. The number of hydrogen-bond acceptors (Lipinski definition) is 6. The molecule has 3 N–H and O–H groups in total. The van der Waals surface area contributed by atoms with Gasteiger partial charge in [0.05, 0.1) is 17.5 Å². The van der Waals surface area contributed by atoms with Crippen molar-refractivity contribution in [1.29, 1.82) is 5.26 Å². The van der Waals surface area contributed by atoms with E-state index in [0.29, 0.717) is 19.6 Å². The maximum atomic E-state index is 12.3. The highest BCUT2D eigenvalue weighted by atomic mass is 16.2. The number of piperidine rings is 1. The van der Waals surface area contributed by atoms with Crippen LogP contribution in [0.3, 0.4) is 0 Å². The van der Waals surface area contributed by atoms with Gasteiger partial charge in [-0.05, 0) is 18.4 Å². The van der Waals surface area contributed by atoms with Crippen LogP contribution in [0.5, 0.6) is 0 Å². The number of amides is 2. The highest BCUT2D eigenvalue weighted by molar-refractivity contribution is 5.88. The summed E-state index contributed by atoms with van der Waals surface area (Å²) in [6, 6.07) is 3.81. The number of nitriles is 1. The second kappa shape index (κ2) is 8.52. The molecule has 0 aromatic carbocycles. The van der Waals surface area contributed by atoms with Gasteiger partial charge in [0.15, 0.2) is 0 Å². The molecule has 1 saturated heterocycles. The van der Waals surface area contributed by atoms with Crippen molar-refractivity contribution in [3.8, 4) is 6.07 Å². The van der Waals surface area contributed by atoms with Crippen LogP contribution in [0.1, 0.15) is 19.8 Å². The predicted molar refractivity (Wildman–Crippen MR) is 104 cm³/mol. The van der Waals surface area contributed by atoms with E-state index in [2.05, 4.69) is 26.8 Å². The molecule has 2 amide bonds. The first-order chi connectivity index (χ1) is 13.5. The Morgan fingerprint density at radius 1 is 1.50 bits per heavy atom. The molecule has 1 aliphatic rings. The Balaban J connectivity index is 1.95. The van der Waals surface area contributed by atoms with Crippen molar-refractivity contribution in [2.45, 2.75) is 25.8 Å². The van der Waals surface area contributed by atoms with Gasteiger partial charge in [-0.1, -0.05) is 13.0 Å². The molecule has 0 saturated carbocycles. The van der Waals surface area contributed by atoms with Crippen LogP contribution in [0.4, 0.5) is 5.82 Å². The topological polar surface area (TPSA) is 132 Å². The van der Waals surface area contributed by atoms with Gasteiger partial charge >= 0.3 is 0 Å². The van der Waals surface area contributed by atoms with Crippen molar-refractivity contribution >= 4 is 28.7 Å². The first-order valence-electron chi connectivity index (χ1n) is 9.16. The summed E-state index contributed by atoms with van der Waals surface area (Å²) in [5.41, 5.74) is 5.95. The van der Waals surface area contributed by atoms with Crippen LogP contribution >= 0.6 is 0 Å². The number of carbonyl (C=O) groups excluding carboxylic acids is 2. The number of carbonyl (C=O) groups is 2. The number of rotatable bonds is 6. The van der Waals surface area contributed by atoms with E-state index >= 15 is 0 Å². The van der Waals surface area contributed by atoms with E-state index < -0.39 is 5.91 Å². The molecule has 0 spiro atoms. The molecular weight excluding hydrogens is 358 g/mol. The van der Waals surface area contributed by atoms with Crippen molar-refractivity contribution in [3.05, 3.63) is 30.7 Å². The molecule has 0 bridgehead atoms. The van der Waals surface area contributed by atoms with Gasteiger partial charge in [-0.3, -0.25) is 9.59 Å². The number of nitrogens with one attached hydrogen (secondary N) is 1. The van der Waals surface area contributed by atoms with E-state index in [0.717, 1.165) is 23.3 Å². The fourth-order valence-corrected chi connectivity index (χ4v) is 3.61. The lowest BCUT2D eigenvalue weighted by Gasteiger charge is -2.43. The predicted octanol–water partition coefficient (Wildman–Crippen LogP) is 0.956. The van der Waals surface area contributed by atoms with Crippen molar-refractivity contribution in [1.82, 2.24) is 19.9 Å². The molecule has 28 heavy (non-hydrogen) atoms. The third-order valence-electron chi connectivity index (χ3n) is 5.09. The van der Waals surface area contributed by atoms with E-state index in [1.165, 1.54) is 12.4 Å². The number of anilines is 1. The maximum Gasteiger partial charge on any atom is 0.241 e. The molecule has 9 heteroatoms. The largest absolute Gasteiger partial charge is 0.366 e. The molecule has 1 aliphatic heterocycles. The molecule has 2 atom stereocenters. The van der Waals surface area contributed by atoms with Crippen LogP contribution in [0.15, 0.2) is 30.7 Å². The lowest BCUT2D eigenvalue weighted by molar-refractivity contribution is -0.131. The number of hydrogen-bond donors (Lipinski definition) is 2. The van der Waals surface area contributed by atoms with Crippen LogP contribution < -0.4 is 10.6 Å². The Morgan fingerprint density at radius 3 is 3.07 bits per heavy atom. The van der Waals surface area contributed by atoms with Gasteiger partial charge in [0.2, 0.25) is 11.8 Å². The monoisotopic (exact) mass is 381 g/mol. The summed E-state index contributed by atoms with van der Waals surface area (Å²) >= 11 is 0. The number of fused-ring (bicyclic) bond motifs is 1. The number of H-pyrrole nitrogens is 1. The summed E-state index contributed by atoms with van der Waals surface area (Å²) in [5, 5.41) is 9.72. The minimum absolute atomic E-state index is 0.0260. The Labute approximate surface area is 162 Å². The first-order valence-corrected chi connectivity index (χ1v) is 9.16. The van der Waals surface area contributed by atoms with Gasteiger partial charge in [0, 0.05) is 31.9 Å². The van der Waals surface area contributed by atoms with Gasteiger partial charge in [0.25, 0.3) is 0 Å². The van der Waals surface area contributed by atoms with E-state index in [4.69, 9.17) is 11.0 Å². The zero-order valence-corrected chi connectivity index (χ0v) is 15.7. The summed E-state index contributed by atoms with van der Waals surface area (Å²) in [5.74, 6) is 0.335. The van der Waals surface area contributed by atoms with Crippen molar-refractivity contribution in [2.24, 2.45) is 11.7 Å². The molecule has 3 heterocycles. The molecular formula is C19H23N7O2. The fourth-order valence-electron chi connectivity index (χ4n) is 3.61. The molecule has 0 radical (unpaired) electrons. The van der Waals surface area contributed by atoms with Gasteiger partial charge in [0.1, 0.15) is 24.2 Å². The number of nitrogens with zero attached hydrogens (tertiary/aromatic N) is 5. The number of nitrogens with two attached hydrogens (primary N) is 1. The SMILES string of the molecule is C[C@@H]1CCN(C(=O)CC#N)C[C@@H]1N(C/C=C/C(N)=O)c1ncnc2[nH]ccc12. The quantitative estimate of drug-likeness (QED) is 0.716. The summed E-state index contributed by atoms with van der Waals surface area (Å²) in [4.78, 5) is 39.0. The molecule has 2 aromatic heterocycles. The Morgan fingerprint density at radius 2 is 2.32 bits per heavy atom. The molecule has 0 unspecified atom stereocenters. The maximum absolute atomic E-state index is 12.3. The molecule has 2 aromatic rings. The number of primary amides is 1. The van der Waals surface area contributed by atoms with Crippen LogP contribution in [0.2, 0.25) is 0 Å². The second-order valence-corrected chi connectivity index (χ2v) is 6.90. The summed E-state index contributed by atoms with van der Waals surface area (Å²) in [6.07, 6.45) is 7.01. The Hall–Kier alpha value is -3.41. The first kappa shape index (κ1) is 19.4. The van der Waals surface area contributed by atoms with Gasteiger partial charge in [-0.2, -0.15) is 5.26 Å². The van der Waals surface area contributed by atoms with E-state index in [9.17, 15) is 9.59 Å². The third-order valence-corrected chi connectivity index (χ3v) is 5.09. The molecule has 3 rings (SSSR count). The highest BCUT2D eigenvalue weighted by Gasteiger charge is 2.33. The average Bonchev–Trinajstić information content (AvgIpc) is 3.15. The third kappa shape index (κ3) is 4.11. The standard InChI is InChI=1S/C19H23N7O2/c1-13-6-10-25(17(28)4-7-20)11-15(13)26(9-2-3-16(21)27)19-14-5-8-22-18(14)23-12-24-19/h2-3,5,8,12-13,15H,4,6,9-11H2,1H3,(H2,21,27)(H,22,23,24)/b3-2+/t13-,15+/m1/s1. The van der Waals surface area contributed by atoms with Gasteiger partial charge in [-0.15, -0.1) is 0 Å². The van der Waals surface area contributed by atoms with E-state index in [-0.39, 0.29) is 24.3 Å². The molecule has 9 nitrogen and oxygen atoms in total. The minimum atomic E-state index is -0.517. The highest BCUT2D eigenvalue weighted by Crippen LogP contribution is 2.30. The molecule has 0 aliphatic carbocycles. The second-order valence-electron chi connectivity index (χ2n) is 6.90. The smallest absolute Gasteiger partial charge is 0.241 e. The molecule has 146 valence electrons. The van der Waals surface area contributed by atoms with Crippen molar-refractivity contribution in [2.75, 3.05) is 24.5 Å². The number of aromatic amines is 1. The number of likely N-dealkylation sites (tertiary alicyclic amines) is 1. The van der Waals surface area contributed by atoms with E-state index in [1.54, 1.807) is 17.2 Å². The lowest BCUT2D eigenvalue weighted by atomic mass is 9.91. The minimum Gasteiger partial charge on any atom is -0.366 e. The van der Waals surface area contributed by atoms with Crippen LogP contribution in [0, 0.1) is 17.2 Å². The van der Waals surface area contributed by atoms with Gasteiger partial charge in [-0.25, -0.2) is 9.97 Å². The zero-order chi connectivity index (χ0) is 20.1. The lowest BCUT2D eigenvalue weighted by Crippen LogP contribution is -2.54. The zero-order valence-electron chi connectivity index (χ0n) is 15.7. The van der Waals surface area contributed by atoms with Crippen LogP contribution in [-0.4, -0.2) is 57.3 Å². The van der Waals surface area contributed by atoms with Crippen LogP contribution in [0.25, 0.3) is 11.0 Å². The normalized spacial score (nSPS) is 19.6. The van der Waals surface area contributed by atoms with Crippen molar-refractivity contribution < 1.29 is 9.59 Å². The fraction of sp³-hybridized carbons (Fsp3) is 0.421. The van der Waals surface area contributed by atoms with Crippen molar-refractivity contribution in [3.63, 3.8) is 0 Å². The van der Waals surface area contributed by atoms with E-state index in [1.807, 2.05) is 12.1 Å². The summed E-state index contributed by atoms with van der Waals surface area (Å²) in [6.45, 7) is 3.67. The van der Waals surface area contributed by atoms with Gasteiger partial charge < -0.3 is 20.5 Å². The summed E-state index contributed by atoms with van der Waals surface area (Å²) in [7, 11) is 0. The average molecular weight is 381 g/mol. The number of aromatic nitrogens is 3. The van der Waals surface area contributed by atoms with Crippen LogP contribution in [-0.2, 0) is 9.59 Å². The Bertz CT molecular complexity index is 930. The Kier molecular flexibility index (Phi) is 5.89. The molecule has 1 fully saturated rings.